The fourth-order valence-corrected chi connectivity index (χ4v) is 2.55. The predicted octanol–water partition coefficient (Wildman–Crippen LogP) is 1.53. The summed E-state index contributed by atoms with van der Waals surface area (Å²) in [6.45, 7) is 3.82. The first kappa shape index (κ1) is 10.6. The van der Waals surface area contributed by atoms with E-state index in [1.54, 1.807) is 11.3 Å². The molecule has 0 saturated carbocycles. The zero-order valence-electron chi connectivity index (χ0n) is 8.82. The minimum absolute atomic E-state index is 0.137. The second kappa shape index (κ2) is 4.77. The van der Waals surface area contributed by atoms with Crippen molar-refractivity contribution < 1.29 is 4.79 Å². The van der Waals surface area contributed by atoms with Gasteiger partial charge in [0.1, 0.15) is 0 Å². The summed E-state index contributed by atoms with van der Waals surface area (Å²) in [5.41, 5.74) is 0. The van der Waals surface area contributed by atoms with E-state index in [0.717, 1.165) is 19.5 Å². The number of rotatable bonds is 3. The van der Waals surface area contributed by atoms with E-state index in [1.165, 1.54) is 4.88 Å². The lowest BCUT2D eigenvalue weighted by molar-refractivity contribution is -0.125. The Balaban J connectivity index is 1.88. The van der Waals surface area contributed by atoms with Crippen molar-refractivity contribution in [1.82, 2.24) is 10.6 Å². The molecule has 1 unspecified atom stereocenters. The van der Waals surface area contributed by atoms with Gasteiger partial charge in [-0.2, -0.15) is 0 Å². The van der Waals surface area contributed by atoms with Crippen molar-refractivity contribution in [3.8, 4) is 0 Å². The van der Waals surface area contributed by atoms with E-state index in [-0.39, 0.29) is 17.9 Å². The summed E-state index contributed by atoms with van der Waals surface area (Å²) < 4.78 is 0. The normalized spacial score (nSPS) is 22.6. The number of thiophene rings is 1. The average Bonchev–Trinajstić information content (AvgIpc) is 2.91. The molecule has 0 aromatic carbocycles. The SMILES string of the molecule is C[C@H](NC(=O)C1CCNC1)c1cccs1. The molecule has 4 heteroatoms. The van der Waals surface area contributed by atoms with E-state index in [9.17, 15) is 4.79 Å². The zero-order valence-corrected chi connectivity index (χ0v) is 9.64. The van der Waals surface area contributed by atoms with Gasteiger partial charge in [0.2, 0.25) is 5.91 Å². The third kappa shape index (κ3) is 2.58. The molecule has 1 aromatic heterocycles. The predicted molar refractivity (Wildman–Crippen MR) is 61.9 cm³/mol. The van der Waals surface area contributed by atoms with Crippen LogP contribution in [-0.2, 0) is 4.79 Å². The minimum atomic E-state index is 0.137. The van der Waals surface area contributed by atoms with Gasteiger partial charge < -0.3 is 10.6 Å². The van der Waals surface area contributed by atoms with Crippen molar-refractivity contribution >= 4 is 17.2 Å². The molecule has 3 nitrogen and oxygen atoms in total. The highest BCUT2D eigenvalue weighted by Gasteiger charge is 2.23. The lowest BCUT2D eigenvalue weighted by Gasteiger charge is -2.15. The fourth-order valence-electron chi connectivity index (χ4n) is 1.82. The molecule has 2 atom stereocenters. The van der Waals surface area contributed by atoms with E-state index in [0.29, 0.717) is 0 Å². The Kier molecular flexibility index (Phi) is 3.38. The number of hydrogen-bond donors (Lipinski definition) is 2. The smallest absolute Gasteiger partial charge is 0.224 e. The van der Waals surface area contributed by atoms with Crippen LogP contribution in [0.4, 0.5) is 0 Å². The van der Waals surface area contributed by atoms with Gasteiger partial charge in [-0.15, -0.1) is 11.3 Å². The maximum Gasteiger partial charge on any atom is 0.224 e. The Hall–Kier alpha value is -0.870. The molecule has 1 amide bonds. The largest absolute Gasteiger partial charge is 0.348 e. The minimum Gasteiger partial charge on any atom is -0.348 e. The van der Waals surface area contributed by atoms with Gasteiger partial charge in [0.15, 0.2) is 0 Å². The Bertz CT molecular complexity index is 317. The second-order valence-corrected chi connectivity index (χ2v) is 4.91. The highest BCUT2D eigenvalue weighted by atomic mass is 32.1. The third-order valence-electron chi connectivity index (χ3n) is 2.76. The zero-order chi connectivity index (χ0) is 10.7. The van der Waals surface area contributed by atoms with Gasteiger partial charge in [-0.25, -0.2) is 0 Å². The van der Waals surface area contributed by atoms with Crippen LogP contribution in [0.3, 0.4) is 0 Å². The van der Waals surface area contributed by atoms with Gasteiger partial charge in [0, 0.05) is 11.4 Å². The first-order valence-corrected chi connectivity index (χ1v) is 6.20. The van der Waals surface area contributed by atoms with Gasteiger partial charge >= 0.3 is 0 Å². The molecule has 1 aliphatic rings. The van der Waals surface area contributed by atoms with E-state index < -0.39 is 0 Å². The van der Waals surface area contributed by atoms with E-state index in [2.05, 4.69) is 16.7 Å². The van der Waals surface area contributed by atoms with E-state index in [1.807, 2.05) is 18.4 Å². The van der Waals surface area contributed by atoms with E-state index in [4.69, 9.17) is 0 Å². The molecule has 0 spiro atoms. The van der Waals surface area contributed by atoms with Crippen LogP contribution in [0, 0.1) is 5.92 Å². The molecule has 1 aliphatic heterocycles. The van der Waals surface area contributed by atoms with Crippen molar-refractivity contribution in [2.75, 3.05) is 13.1 Å². The number of amides is 1. The lowest BCUT2D eigenvalue weighted by atomic mass is 10.1. The van der Waals surface area contributed by atoms with Crippen LogP contribution < -0.4 is 10.6 Å². The maximum absolute atomic E-state index is 11.8. The fraction of sp³-hybridized carbons (Fsp3) is 0.545. The first-order valence-electron chi connectivity index (χ1n) is 5.32. The Labute approximate surface area is 93.9 Å². The summed E-state index contributed by atoms with van der Waals surface area (Å²) in [4.78, 5) is 13.0. The van der Waals surface area contributed by atoms with E-state index >= 15 is 0 Å². The van der Waals surface area contributed by atoms with Gasteiger partial charge in [0.25, 0.3) is 0 Å². The van der Waals surface area contributed by atoms with Crippen molar-refractivity contribution in [2.45, 2.75) is 19.4 Å². The molecule has 0 bridgehead atoms. The van der Waals surface area contributed by atoms with Crippen molar-refractivity contribution in [3.63, 3.8) is 0 Å². The monoisotopic (exact) mass is 224 g/mol. The summed E-state index contributed by atoms with van der Waals surface area (Å²) in [5, 5.41) is 8.30. The van der Waals surface area contributed by atoms with Crippen LogP contribution in [0.1, 0.15) is 24.3 Å². The van der Waals surface area contributed by atoms with Crippen molar-refractivity contribution in [1.29, 1.82) is 0 Å². The highest BCUT2D eigenvalue weighted by molar-refractivity contribution is 7.10. The number of hydrogen-bond acceptors (Lipinski definition) is 3. The molecular weight excluding hydrogens is 208 g/mol. The van der Waals surface area contributed by atoms with Crippen LogP contribution >= 0.6 is 11.3 Å². The Morgan fingerprint density at radius 1 is 1.73 bits per heavy atom. The molecule has 1 saturated heterocycles. The quantitative estimate of drug-likeness (QED) is 0.817. The molecular formula is C11H16N2OS. The van der Waals surface area contributed by atoms with Gasteiger partial charge in [-0.05, 0) is 31.3 Å². The first-order chi connectivity index (χ1) is 7.27. The molecule has 82 valence electrons. The highest BCUT2D eigenvalue weighted by Crippen LogP contribution is 2.19. The molecule has 2 heterocycles. The third-order valence-corrected chi connectivity index (χ3v) is 3.81. The molecule has 15 heavy (non-hydrogen) atoms. The maximum atomic E-state index is 11.8. The van der Waals surface area contributed by atoms with Crippen molar-refractivity contribution in [2.24, 2.45) is 5.92 Å². The molecule has 0 aliphatic carbocycles. The van der Waals surface area contributed by atoms with Gasteiger partial charge in [-0.3, -0.25) is 4.79 Å². The summed E-state index contributed by atoms with van der Waals surface area (Å²) in [5.74, 6) is 0.341. The summed E-state index contributed by atoms with van der Waals surface area (Å²) in [6, 6.07) is 4.21. The molecule has 1 aromatic rings. The van der Waals surface area contributed by atoms with Gasteiger partial charge in [0.05, 0.1) is 12.0 Å². The van der Waals surface area contributed by atoms with Crippen molar-refractivity contribution in [3.05, 3.63) is 22.4 Å². The van der Waals surface area contributed by atoms with Crippen LogP contribution in [0.25, 0.3) is 0 Å². The Morgan fingerprint density at radius 3 is 3.20 bits per heavy atom. The number of carbonyl (C=O) groups is 1. The summed E-state index contributed by atoms with van der Waals surface area (Å²) in [7, 11) is 0. The van der Waals surface area contributed by atoms with Crippen LogP contribution in [-0.4, -0.2) is 19.0 Å². The molecule has 0 radical (unpaired) electrons. The molecule has 2 N–H and O–H groups in total. The molecule has 2 rings (SSSR count). The topological polar surface area (TPSA) is 41.1 Å². The number of nitrogens with one attached hydrogen (secondary N) is 2. The lowest BCUT2D eigenvalue weighted by Crippen LogP contribution is -2.33. The number of carbonyl (C=O) groups excluding carboxylic acids is 1. The standard InChI is InChI=1S/C11H16N2OS/c1-8(10-3-2-6-15-10)13-11(14)9-4-5-12-7-9/h2-3,6,8-9,12H,4-5,7H2,1H3,(H,13,14)/t8-,9?/m0/s1. The summed E-state index contributed by atoms with van der Waals surface area (Å²) >= 11 is 1.69. The summed E-state index contributed by atoms with van der Waals surface area (Å²) in [6.07, 6.45) is 0.961. The van der Waals surface area contributed by atoms with Crippen LogP contribution in [0.15, 0.2) is 17.5 Å². The van der Waals surface area contributed by atoms with Crippen LogP contribution in [0.2, 0.25) is 0 Å². The average molecular weight is 224 g/mol. The Morgan fingerprint density at radius 2 is 2.60 bits per heavy atom. The van der Waals surface area contributed by atoms with Crippen LogP contribution in [0.5, 0.6) is 0 Å². The second-order valence-electron chi connectivity index (χ2n) is 3.94. The van der Waals surface area contributed by atoms with Gasteiger partial charge in [-0.1, -0.05) is 6.07 Å². The molecule has 1 fully saturated rings.